The van der Waals surface area contributed by atoms with Crippen LogP contribution in [0.2, 0.25) is 0 Å². The lowest BCUT2D eigenvalue weighted by Gasteiger charge is -2.17. The minimum atomic E-state index is -3.16. The lowest BCUT2D eigenvalue weighted by atomic mass is 10.0. The van der Waals surface area contributed by atoms with Gasteiger partial charge in [0.1, 0.15) is 6.29 Å². The van der Waals surface area contributed by atoms with Crippen LogP contribution in [0.4, 0.5) is 5.69 Å². The van der Waals surface area contributed by atoms with E-state index in [4.69, 9.17) is 0 Å². The highest BCUT2D eigenvalue weighted by molar-refractivity contribution is 7.93. The normalized spacial score (nSPS) is 16.9. The van der Waals surface area contributed by atoms with E-state index < -0.39 is 10.0 Å². The van der Waals surface area contributed by atoms with Gasteiger partial charge in [0, 0.05) is 12.1 Å². The molecule has 0 spiro atoms. The van der Waals surface area contributed by atoms with Crippen LogP contribution >= 0.6 is 0 Å². The Bertz CT molecular complexity index is 766. The summed E-state index contributed by atoms with van der Waals surface area (Å²) in [5.41, 5.74) is 3.22. The zero-order chi connectivity index (χ0) is 14.9. The number of aldehydes is 1. The fourth-order valence-electron chi connectivity index (χ4n) is 2.52. The molecule has 21 heavy (non-hydrogen) atoms. The summed E-state index contributed by atoms with van der Waals surface area (Å²) < 4.78 is 25.4. The molecule has 0 amide bonds. The van der Waals surface area contributed by atoms with Gasteiger partial charge in [0.25, 0.3) is 0 Å². The molecular formula is C16H15NO3S. The first-order valence-corrected chi connectivity index (χ1v) is 8.37. The van der Waals surface area contributed by atoms with E-state index in [2.05, 4.69) is 0 Å². The van der Waals surface area contributed by atoms with Crippen LogP contribution in [0.1, 0.15) is 16.8 Å². The molecule has 1 saturated heterocycles. The quantitative estimate of drug-likeness (QED) is 0.819. The molecule has 0 aliphatic carbocycles. The second kappa shape index (κ2) is 5.33. The molecule has 0 aromatic heterocycles. The van der Waals surface area contributed by atoms with E-state index in [1.807, 2.05) is 36.4 Å². The number of anilines is 1. The fraction of sp³-hybridized carbons (Fsp3) is 0.188. The number of hydrogen-bond donors (Lipinski definition) is 0. The molecule has 1 heterocycles. The molecule has 0 atom stereocenters. The molecule has 2 aromatic rings. The average molecular weight is 301 g/mol. The fourth-order valence-corrected chi connectivity index (χ4v) is 4.08. The van der Waals surface area contributed by atoms with Crippen molar-refractivity contribution in [1.82, 2.24) is 0 Å². The zero-order valence-corrected chi connectivity index (χ0v) is 12.2. The van der Waals surface area contributed by atoms with Crippen LogP contribution in [0.25, 0.3) is 11.1 Å². The Hall–Kier alpha value is -2.14. The summed E-state index contributed by atoms with van der Waals surface area (Å²) in [6, 6.07) is 14.7. The summed E-state index contributed by atoms with van der Waals surface area (Å²) in [5, 5.41) is 0. The van der Waals surface area contributed by atoms with Gasteiger partial charge < -0.3 is 0 Å². The van der Waals surface area contributed by atoms with Crippen LogP contribution in [0.5, 0.6) is 0 Å². The lowest BCUT2D eigenvalue weighted by molar-refractivity contribution is 0.112. The maximum atomic E-state index is 12.0. The van der Waals surface area contributed by atoms with Gasteiger partial charge in [-0.1, -0.05) is 36.4 Å². The number of rotatable bonds is 3. The van der Waals surface area contributed by atoms with Crippen LogP contribution in [-0.2, 0) is 10.0 Å². The maximum Gasteiger partial charge on any atom is 0.235 e. The van der Waals surface area contributed by atoms with E-state index in [1.54, 1.807) is 12.1 Å². The Morgan fingerprint density at radius 1 is 1.00 bits per heavy atom. The Kier molecular flexibility index (Phi) is 3.51. The number of benzene rings is 2. The number of carbonyl (C=O) groups is 1. The van der Waals surface area contributed by atoms with Gasteiger partial charge in [0.2, 0.25) is 10.0 Å². The Balaban J connectivity index is 1.98. The molecule has 0 saturated carbocycles. The summed E-state index contributed by atoms with van der Waals surface area (Å²) in [7, 11) is -3.16. The van der Waals surface area contributed by atoms with E-state index in [0.29, 0.717) is 24.2 Å². The van der Waals surface area contributed by atoms with Crippen molar-refractivity contribution in [3.63, 3.8) is 0 Å². The molecular weight excluding hydrogens is 286 g/mol. The SMILES string of the molecule is O=Cc1ccc(-c2cccc(N3CCCS3(=O)=O)c2)cc1. The standard InChI is InChI=1S/C16H15NO3S/c18-12-13-5-7-14(8-6-13)15-3-1-4-16(11-15)17-9-2-10-21(17,19)20/h1,3-8,11-12H,2,9-10H2. The van der Waals surface area contributed by atoms with Gasteiger partial charge in [0.05, 0.1) is 11.4 Å². The van der Waals surface area contributed by atoms with Crippen molar-refractivity contribution in [2.45, 2.75) is 6.42 Å². The first-order chi connectivity index (χ1) is 10.1. The highest BCUT2D eigenvalue weighted by atomic mass is 32.2. The Labute approximate surface area is 124 Å². The van der Waals surface area contributed by atoms with Crippen LogP contribution < -0.4 is 4.31 Å². The molecule has 2 aromatic carbocycles. The van der Waals surface area contributed by atoms with Crippen LogP contribution in [0, 0.1) is 0 Å². The van der Waals surface area contributed by atoms with Gasteiger partial charge in [-0.3, -0.25) is 9.10 Å². The summed E-state index contributed by atoms with van der Waals surface area (Å²) in [5.74, 6) is 0.214. The molecule has 3 rings (SSSR count). The second-order valence-electron chi connectivity index (χ2n) is 5.03. The average Bonchev–Trinajstić information content (AvgIpc) is 2.87. The van der Waals surface area contributed by atoms with E-state index in [9.17, 15) is 13.2 Å². The molecule has 0 radical (unpaired) electrons. The van der Waals surface area contributed by atoms with Gasteiger partial charge >= 0.3 is 0 Å². The van der Waals surface area contributed by atoms with Crippen molar-refractivity contribution < 1.29 is 13.2 Å². The molecule has 108 valence electrons. The monoisotopic (exact) mass is 301 g/mol. The molecule has 1 fully saturated rings. The van der Waals surface area contributed by atoms with E-state index >= 15 is 0 Å². The third-order valence-electron chi connectivity index (χ3n) is 3.61. The molecule has 1 aliphatic heterocycles. The van der Waals surface area contributed by atoms with Gasteiger partial charge in [-0.2, -0.15) is 0 Å². The third-order valence-corrected chi connectivity index (χ3v) is 5.48. The first-order valence-electron chi connectivity index (χ1n) is 6.76. The largest absolute Gasteiger partial charge is 0.298 e. The molecule has 0 bridgehead atoms. The molecule has 1 aliphatic rings. The molecule has 5 heteroatoms. The third kappa shape index (κ3) is 2.69. The Morgan fingerprint density at radius 3 is 2.38 bits per heavy atom. The minimum absolute atomic E-state index is 0.214. The van der Waals surface area contributed by atoms with Gasteiger partial charge in [-0.25, -0.2) is 8.42 Å². The predicted molar refractivity (Wildman–Crippen MR) is 83.0 cm³/mol. The highest BCUT2D eigenvalue weighted by Crippen LogP contribution is 2.28. The van der Waals surface area contributed by atoms with Crippen molar-refractivity contribution in [3.8, 4) is 11.1 Å². The van der Waals surface area contributed by atoms with Crippen LogP contribution in [0.15, 0.2) is 48.5 Å². The number of hydrogen-bond acceptors (Lipinski definition) is 3. The molecule has 0 unspecified atom stereocenters. The van der Waals surface area contributed by atoms with E-state index in [-0.39, 0.29) is 5.75 Å². The van der Waals surface area contributed by atoms with Gasteiger partial charge in [-0.05, 0) is 29.7 Å². The summed E-state index contributed by atoms with van der Waals surface area (Å²) in [6.07, 6.45) is 1.47. The smallest absolute Gasteiger partial charge is 0.235 e. The first kappa shape index (κ1) is 13.8. The second-order valence-corrected chi connectivity index (χ2v) is 7.04. The van der Waals surface area contributed by atoms with Crippen molar-refractivity contribution >= 4 is 22.0 Å². The van der Waals surface area contributed by atoms with Crippen LogP contribution in [-0.4, -0.2) is 27.0 Å². The molecule has 4 nitrogen and oxygen atoms in total. The van der Waals surface area contributed by atoms with E-state index in [1.165, 1.54) is 4.31 Å². The van der Waals surface area contributed by atoms with Gasteiger partial charge in [-0.15, -0.1) is 0 Å². The predicted octanol–water partition coefficient (Wildman–Crippen LogP) is 2.71. The van der Waals surface area contributed by atoms with Gasteiger partial charge in [0.15, 0.2) is 0 Å². The minimum Gasteiger partial charge on any atom is -0.298 e. The summed E-state index contributed by atoms with van der Waals surface area (Å²) in [4.78, 5) is 10.7. The van der Waals surface area contributed by atoms with E-state index in [0.717, 1.165) is 17.4 Å². The molecule has 0 N–H and O–H groups in total. The number of carbonyl (C=O) groups excluding carboxylic acids is 1. The number of nitrogens with zero attached hydrogens (tertiary/aromatic N) is 1. The maximum absolute atomic E-state index is 12.0. The topological polar surface area (TPSA) is 54.5 Å². The lowest BCUT2D eigenvalue weighted by Crippen LogP contribution is -2.24. The highest BCUT2D eigenvalue weighted by Gasteiger charge is 2.28. The van der Waals surface area contributed by atoms with Crippen LogP contribution in [0.3, 0.4) is 0 Å². The Morgan fingerprint density at radius 2 is 1.76 bits per heavy atom. The van der Waals surface area contributed by atoms with Crippen molar-refractivity contribution in [3.05, 3.63) is 54.1 Å². The van der Waals surface area contributed by atoms with Crippen molar-refractivity contribution in [2.24, 2.45) is 0 Å². The summed E-state index contributed by atoms with van der Waals surface area (Å²) >= 11 is 0. The summed E-state index contributed by atoms with van der Waals surface area (Å²) in [6.45, 7) is 0.538. The number of sulfonamides is 1. The zero-order valence-electron chi connectivity index (χ0n) is 11.4. The van der Waals surface area contributed by atoms with Crippen molar-refractivity contribution in [2.75, 3.05) is 16.6 Å². The van der Waals surface area contributed by atoms with Crippen molar-refractivity contribution in [1.29, 1.82) is 0 Å².